The highest BCUT2D eigenvalue weighted by atomic mass is 16.3. The van der Waals surface area contributed by atoms with Crippen molar-refractivity contribution in [2.75, 3.05) is 38.1 Å². The number of aliphatic hydroxyl groups is 1. The molecule has 3 rings (SSSR count). The second-order valence-corrected chi connectivity index (χ2v) is 6.04. The number of benzene rings is 1. The van der Waals surface area contributed by atoms with E-state index in [0.29, 0.717) is 12.5 Å². The molecule has 1 saturated heterocycles. The highest BCUT2D eigenvalue weighted by Gasteiger charge is 2.18. The van der Waals surface area contributed by atoms with E-state index in [-0.39, 0.29) is 12.6 Å². The monoisotopic (exact) mass is 317 g/mol. The number of anilines is 1. The Morgan fingerprint density at radius 3 is 3.26 bits per heavy atom. The maximum atomic E-state index is 11.9. The molecule has 2 amide bonds. The number of aromatic amines is 1. The van der Waals surface area contributed by atoms with E-state index in [1.54, 1.807) is 6.20 Å². The molecule has 1 fully saturated rings. The van der Waals surface area contributed by atoms with E-state index in [2.05, 4.69) is 25.7 Å². The molecule has 4 N–H and O–H groups in total. The molecular weight excluding hydrogens is 294 g/mol. The van der Waals surface area contributed by atoms with Crippen molar-refractivity contribution in [1.29, 1.82) is 0 Å². The zero-order chi connectivity index (χ0) is 16.1. The van der Waals surface area contributed by atoms with Crippen LogP contribution in [0.25, 0.3) is 10.9 Å². The molecule has 1 aliphatic rings. The molecule has 1 aromatic heterocycles. The third-order valence-corrected chi connectivity index (χ3v) is 4.27. The summed E-state index contributed by atoms with van der Waals surface area (Å²) in [7, 11) is 0. The van der Waals surface area contributed by atoms with Gasteiger partial charge in [-0.05, 0) is 43.5 Å². The van der Waals surface area contributed by atoms with Gasteiger partial charge in [-0.15, -0.1) is 0 Å². The number of aromatic nitrogens is 2. The fraction of sp³-hybridized carbons (Fsp3) is 0.500. The Morgan fingerprint density at radius 2 is 2.39 bits per heavy atom. The Kier molecular flexibility index (Phi) is 5.09. The number of amides is 2. The lowest BCUT2D eigenvalue weighted by Gasteiger charge is -2.31. The average molecular weight is 317 g/mol. The smallest absolute Gasteiger partial charge is 0.319 e. The molecule has 1 atom stereocenters. The molecule has 0 radical (unpaired) electrons. The SMILES string of the molecule is O=C(NCCN1CCC[C@@H](CO)C1)Nc1ccc2[nH]ncc2c1. The van der Waals surface area contributed by atoms with Crippen LogP contribution in [-0.2, 0) is 0 Å². The molecule has 1 aromatic carbocycles. The van der Waals surface area contributed by atoms with E-state index < -0.39 is 0 Å². The first-order valence-corrected chi connectivity index (χ1v) is 8.06. The number of nitrogens with one attached hydrogen (secondary N) is 3. The second kappa shape index (κ2) is 7.43. The molecule has 0 spiro atoms. The van der Waals surface area contributed by atoms with E-state index in [1.807, 2.05) is 18.2 Å². The predicted molar refractivity (Wildman–Crippen MR) is 89.4 cm³/mol. The first-order chi connectivity index (χ1) is 11.2. The maximum Gasteiger partial charge on any atom is 0.319 e. The number of urea groups is 1. The number of likely N-dealkylation sites (tertiary alicyclic amines) is 1. The zero-order valence-electron chi connectivity index (χ0n) is 13.1. The van der Waals surface area contributed by atoms with Gasteiger partial charge in [0.25, 0.3) is 0 Å². The summed E-state index contributed by atoms with van der Waals surface area (Å²) in [5.41, 5.74) is 1.69. The number of rotatable bonds is 5. The number of H-pyrrole nitrogens is 1. The van der Waals surface area contributed by atoms with E-state index in [0.717, 1.165) is 49.1 Å². The van der Waals surface area contributed by atoms with Crippen molar-refractivity contribution in [3.05, 3.63) is 24.4 Å². The Labute approximate surface area is 135 Å². The summed E-state index contributed by atoms with van der Waals surface area (Å²) in [5.74, 6) is 0.374. The topological polar surface area (TPSA) is 93.3 Å². The quantitative estimate of drug-likeness (QED) is 0.670. The van der Waals surface area contributed by atoms with Crippen LogP contribution in [0.15, 0.2) is 24.4 Å². The van der Waals surface area contributed by atoms with E-state index >= 15 is 0 Å². The first kappa shape index (κ1) is 15.8. The van der Waals surface area contributed by atoms with Crippen LogP contribution in [-0.4, -0.2) is 59.0 Å². The summed E-state index contributed by atoms with van der Waals surface area (Å²) >= 11 is 0. The van der Waals surface area contributed by atoms with Gasteiger partial charge >= 0.3 is 6.03 Å². The molecule has 0 bridgehead atoms. The van der Waals surface area contributed by atoms with Crippen LogP contribution in [0.2, 0.25) is 0 Å². The van der Waals surface area contributed by atoms with Gasteiger partial charge in [-0.2, -0.15) is 5.10 Å². The van der Waals surface area contributed by atoms with Crippen molar-refractivity contribution in [2.24, 2.45) is 5.92 Å². The number of fused-ring (bicyclic) bond motifs is 1. The van der Waals surface area contributed by atoms with Gasteiger partial charge in [0.2, 0.25) is 0 Å². The fourth-order valence-corrected chi connectivity index (χ4v) is 3.03. The van der Waals surface area contributed by atoms with Crippen molar-refractivity contribution in [3.8, 4) is 0 Å². The largest absolute Gasteiger partial charge is 0.396 e. The van der Waals surface area contributed by atoms with E-state index in [4.69, 9.17) is 0 Å². The number of aliphatic hydroxyl groups excluding tert-OH is 1. The average Bonchev–Trinajstić information content (AvgIpc) is 3.02. The van der Waals surface area contributed by atoms with E-state index in [1.165, 1.54) is 0 Å². The first-order valence-electron chi connectivity index (χ1n) is 8.06. The van der Waals surface area contributed by atoms with Gasteiger partial charge in [0.15, 0.2) is 0 Å². The Hall–Kier alpha value is -2.12. The van der Waals surface area contributed by atoms with Gasteiger partial charge in [-0.25, -0.2) is 4.79 Å². The molecule has 0 unspecified atom stereocenters. The summed E-state index contributed by atoms with van der Waals surface area (Å²) in [5, 5.41) is 22.7. The van der Waals surface area contributed by atoms with Gasteiger partial charge in [0.05, 0.1) is 11.7 Å². The van der Waals surface area contributed by atoms with Crippen LogP contribution < -0.4 is 10.6 Å². The van der Waals surface area contributed by atoms with Crippen LogP contribution in [0.1, 0.15) is 12.8 Å². The number of piperidine rings is 1. The van der Waals surface area contributed by atoms with Crippen molar-refractivity contribution in [1.82, 2.24) is 20.4 Å². The van der Waals surface area contributed by atoms with Crippen molar-refractivity contribution in [3.63, 3.8) is 0 Å². The van der Waals surface area contributed by atoms with Gasteiger partial charge in [0, 0.05) is 37.3 Å². The van der Waals surface area contributed by atoms with Crippen LogP contribution in [0.4, 0.5) is 10.5 Å². The Balaban J connectivity index is 1.42. The highest BCUT2D eigenvalue weighted by molar-refractivity contribution is 5.92. The number of hydrogen-bond acceptors (Lipinski definition) is 4. The molecule has 7 nitrogen and oxygen atoms in total. The van der Waals surface area contributed by atoms with Crippen molar-refractivity contribution in [2.45, 2.75) is 12.8 Å². The van der Waals surface area contributed by atoms with Gasteiger partial charge in [-0.3, -0.25) is 5.10 Å². The third kappa shape index (κ3) is 4.20. The highest BCUT2D eigenvalue weighted by Crippen LogP contribution is 2.17. The molecular formula is C16H23N5O2. The minimum atomic E-state index is -0.205. The van der Waals surface area contributed by atoms with Crippen molar-refractivity contribution >= 4 is 22.6 Å². The summed E-state index contributed by atoms with van der Waals surface area (Å²) < 4.78 is 0. The molecule has 1 aliphatic heterocycles. The third-order valence-electron chi connectivity index (χ3n) is 4.27. The molecule has 2 aromatic rings. The fourth-order valence-electron chi connectivity index (χ4n) is 3.03. The van der Waals surface area contributed by atoms with Gasteiger partial charge in [0.1, 0.15) is 0 Å². The van der Waals surface area contributed by atoms with Crippen LogP contribution in [0.3, 0.4) is 0 Å². The minimum Gasteiger partial charge on any atom is -0.396 e. The van der Waals surface area contributed by atoms with Gasteiger partial charge in [-0.1, -0.05) is 0 Å². The number of nitrogens with zero attached hydrogens (tertiary/aromatic N) is 2. The lowest BCUT2D eigenvalue weighted by atomic mass is 9.99. The maximum absolute atomic E-state index is 11.9. The van der Waals surface area contributed by atoms with Crippen molar-refractivity contribution < 1.29 is 9.90 Å². The van der Waals surface area contributed by atoms with E-state index in [9.17, 15) is 9.90 Å². The Bertz CT molecular complexity index is 657. The second-order valence-electron chi connectivity index (χ2n) is 6.04. The lowest BCUT2D eigenvalue weighted by molar-refractivity contribution is 0.121. The number of carbonyl (C=O) groups is 1. The van der Waals surface area contributed by atoms with Gasteiger partial charge < -0.3 is 20.6 Å². The van der Waals surface area contributed by atoms with Crippen LogP contribution >= 0.6 is 0 Å². The summed E-state index contributed by atoms with van der Waals surface area (Å²) in [4.78, 5) is 14.2. The molecule has 0 saturated carbocycles. The molecule has 23 heavy (non-hydrogen) atoms. The molecule has 7 heteroatoms. The number of carbonyl (C=O) groups excluding carboxylic acids is 1. The molecule has 124 valence electrons. The standard InChI is InChI=1S/C16H23N5O2/c22-11-12-2-1-6-21(10-12)7-5-17-16(23)19-14-3-4-15-13(8-14)9-18-20-15/h3-4,8-9,12,22H,1-2,5-7,10-11H2,(H,18,20)(H2,17,19,23)/t12-/m1/s1. The predicted octanol–water partition coefficient (Wildman–Crippen LogP) is 1.39. The van der Waals surface area contributed by atoms with Crippen LogP contribution in [0, 0.1) is 5.92 Å². The zero-order valence-corrected chi connectivity index (χ0v) is 13.1. The lowest BCUT2D eigenvalue weighted by Crippen LogP contribution is -2.42. The summed E-state index contributed by atoms with van der Waals surface area (Å²) in [6.45, 7) is 3.61. The molecule has 2 heterocycles. The van der Waals surface area contributed by atoms with Crippen LogP contribution in [0.5, 0.6) is 0 Å². The summed E-state index contributed by atoms with van der Waals surface area (Å²) in [6, 6.07) is 5.41. The number of hydrogen-bond donors (Lipinski definition) is 4. The Morgan fingerprint density at radius 1 is 1.48 bits per heavy atom. The normalized spacial score (nSPS) is 18.9. The minimum absolute atomic E-state index is 0.205. The summed E-state index contributed by atoms with van der Waals surface area (Å²) in [6.07, 6.45) is 3.94. The molecule has 0 aliphatic carbocycles.